The molecule has 0 bridgehead atoms. The molecule has 0 heterocycles. The van der Waals surface area contributed by atoms with Crippen LogP contribution in [0.1, 0.15) is 11.1 Å². The van der Waals surface area contributed by atoms with Gasteiger partial charge < -0.3 is 4.74 Å². The molecule has 0 atom stereocenters. The molecule has 3 aromatic carbocycles. The van der Waals surface area contributed by atoms with E-state index >= 15 is 0 Å². The number of nitrogens with zero attached hydrogens (tertiary/aromatic N) is 1. The first-order valence-electron chi connectivity index (χ1n) is 7.57. The van der Waals surface area contributed by atoms with Gasteiger partial charge in [-0.05, 0) is 76.7 Å². The Morgan fingerprint density at radius 2 is 1.72 bits per heavy atom. The first kappa shape index (κ1) is 18.6. The number of halogens is 3. The van der Waals surface area contributed by atoms with Crippen LogP contribution in [0.25, 0.3) is 0 Å². The molecule has 25 heavy (non-hydrogen) atoms. The lowest BCUT2D eigenvalue weighted by molar-refractivity contribution is 0.305. The highest BCUT2D eigenvalue weighted by Crippen LogP contribution is 2.24. The van der Waals surface area contributed by atoms with Gasteiger partial charge in [-0.3, -0.25) is 4.99 Å². The Balaban J connectivity index is 1.63. The maximum Gasteiger partial charge on any atom is 0.119 e. The fourth-order valence-electron chi connectivity index (χ4n) is 2.15. The fraction of sp³-hybridized carbons (Fsp3) is 0.0500. The zero-order valence-corrected chi connectivity index (χ0v) is 18.5. The third kappa shape index (κ3) is 5.39. The molecule has 0 aromatic heterocycles. The van der Waals surface area contributed by atoms with Crippen molar-refractivity contribution >= 4 is 66.4 Å². The molecule has 5 heteroatoms. The predicted octanol–water partition coefficient (Wildman–Crippen LogP) is 7.15. The molecule has 3 aromatic rings. The average Bonchev–Trinajstić information content (AvgIpc) is 2.61. The zero-order valence-electron chi connectivity index (χ0n) is 13.1. The maximum atomic E-state index is 5.86. The van der Waals surface area contributed by atoms with Gasteiger partial charge in [-0.25, -0.2) is 0 Å². The van der Waals surface area contributed by atoms with Gasteiger partial charge in [0, 0.05) is 24.3 Å². The minimum absolute atomic E-state index is 0.517. The molecular formula is C20H14Br2INO. The van der Waals surface area contributed by atoms with Gasteiger partial charge in [0.25, 0.3) is 0 Å². The van der Waals surface area contributed by atoms with E-state index in [1.165, 1.54) is 0 Å². The van der Waals surface area contributed by atoms with E-state index in [-0.39, 0.29) is 0 Å². The van der Waals surface area contributed by atoms with E-state index in [1.807, 2.05) is 72.9 Å². The Morgan fingerprint density at radius 1 is 0.960 bits per heavy atom. The van der Waals surface area contributed by atoms with Crippen LogP contribution in [0.5, 0.6) is 5.75 Å². The average molecular weight is 571 g/mol. The number of para-hydroxylation sites is 1. The summed E-state index contributed by atoms with van der Waals surface area (Å²) in [5, 5.41) is 0. The number of hydrogen-bond acceptors (Lipinski definition) is 2. The van der Waals surface area contributed by atoms with Crippen molar-refractivity contribution in [2.45, 2.75) is 6.61 Å². The fourth-order valence-corrected chi connectivity index (χ4v) is 3.84. The van der Waals surface area contributed by atoms with E-state index in [0.717, 1.165) is 35.1 Å². The van der Waals surface area contributed by atoms with Crippen molar-refractivity contribution in [3.8, 4) is 5.75 Å². The zero-order chi connectivity index (χ0) is 17.6. The third-order valence-electron chi connectivity index (χ3n) is 3.49. The molecule has 0 radical (unpaired) electrons. The lowest BCUT2D eigenvalue weighted by Gasteiger charge is -2.08. The first-order chi connectivity index (χ1) is 12.1. The van der Waals surface area contributed by atoms with Crippen LogP contribution in [0.15, 0.2) is 80.7 Å². The summed E-state index contributed by atoms with van der Waals surface area (Å²) in [6, 6.07) is 22.1. The third-order valence-corrected chi connectivity index (χ3v) is 5.64. The predicted molar refractivity (Wildman–Crippen MR) is 119 cm³/mol. The summed E-state index contributed by atoms with van der Waals surface area (Å²) in [7, 11) is 0. The van der Waals surface area contributed by atoms with Crippen LogP contribution in [0, 0.1) is 3.57 Å². The molecule has 0 unspecified atom stereocenters. The van der Waals surface area contributed by atoms with Gasteiger partial charge in [0.1, 0.15) is 12.4 Å². The lowest BCUT2D eigenvalue weighted by atomic mass is 10.2. The standard InChI is InChI=1S/C20H14Br2INO/c21-16-8-7-15(18(22)11-16)13-25-17-9-5-14(6-10-17)12-24-20-4-2-1-3-19(20)23/h1-12H,13H2. The van der Waals surface area contributed by atoms with Gasteiger partial charge in [0.2, 0.25) is 0 Å². The summed E-state index contributed by atoms with van der Waals surface area (Å²) >= 11 is 9.29. The van der Waals surface area contributed by atoms with Crippen LogP contribution in [-0.4, -0.2) is 6.21 Å². The van der Waals surface area contributed by atoms with Gasteiger partial charge >= 0.3 is 0 Å². The molecule has 0 N–H and O–H groups in total. The van der Waals surface area contributed by atoms with E-state index < -0.39 is 0 Å². The van der Waals surface area contributed by atoms with Crippen molar-refractivity contribution in [1.29, 1.82) is 0 Å². The molecule has 3 rings (SSSR count). The normalized spacial score (nSPS) is 11.0. The second-order valence-electron chi connectivity index (χ2n) is 5.30. The molecule has 0 spiro atoms. The molecule has 0 fully saturated rings. The van der Waals surface area contributed by atoms with E-state index in [0.29, 0.717) is 6.61 Å². The van der Waals surface area contributed by atoms with Crippen molar-refractivity contribution in [2.75, 3.05) is 0 Å². The van der Waals surface area contributed by atoms with Crippen LogP contribution >= 0.6 is 54.5 Å². The SMILES string of the molecule is Brc1ccc(COc2ccc(C=Nc3ccccc3I)cc2)c(Br)c1. The molecule has 0 amide bonds. The molecule has 126 valence electrons. The summed E-state index contributed by atoms with van der Waals surface area (Å²) < 4.78 is 9.07. The van der Waals surface area contributed by atoms with Crippen LogP contribution in [0.2, 0.25) is 0 Å². The van der Waals surface area contributed by atoms with Crippen molar-refractivity contribution < 1.29 is 4.74 Å². The summed E-state index contributed by atoms with van der Waals surface area (Å²) in [4.78, 5) is 4.54. The summed E-state index contributed by atoms with van der Waals surface area (Å²) in [5.41, 5.74) is 3.12. The molecule has 2 nitrogen and oxygen atoms in total. The summed E-state index contributed by atoms with van der Waals surface area (Å²) in [6.07, 6.45) is 1.87. The number of hydrogen-bond donors (Lipinski definition) is 0. The maximum absolute atomic E-state index is 5.86. The number of aliphatic imine (C=N–C) groups is 1. The van der Waals surface area contributed by atoms with Crippen molar-refractivity contribution in [1.82, 2.24) is 0 Å². The second-order valence-corrected chi connectivity index (χ2v) is 8.24. The summed E-state index contributed by atoms with van der Waals surface area (Å²) in [6.45, 7) is 0.517. The van der Waals surface area contributed by atoms with Crippen LogP contribution < -0.4 is 4.74 Å². The summed E-state index contributed by atoms with van der Waals surface area (Å²) in [5.74, 6) is 0.835. The van der Waals surface area contributed by atoms with Gasteiger partial charge in [-0.15, -0.1) is 0 Å². The molecule has 0 aliphatic heterocycles. The monoisotopic (exact) mass is 569 g/mol. The van der Waals surface area contributed by atoms with Crippen molar-refractivity contribution in [3.05, 3.63) is 90.4 Å². The molecule has 0 saturated carbocycles. The van der Waals surface area contributed by atoms with Crippen LogP contribution in [0.4, 0.5) is 5.69 Å². The van der Waals surface area contributed by atoms with E-state index in [4.69, 9.17) is 4.74 Å². The van der Waals surface area contributed by atoms with Crippen molar-refractivity contribution in [2.24, 2.45) is 4.99 Å². The Morgan fingerprint density at radius 3 is 2.44 bits per heavy atom. The van der Waals surface area contributed by atoms with Gasteiger partial charge in [-0.2, -0.15) is 0 Å². The van der Waals surface area contributed by atoms with Gasteiger partial charge in [0.05, 0.1) is 5.69 Å². The minimum Gasteiger partial charge on any atom is -0.489 e. The number of ether oxygens (including phenoxy) is 1. The highest BCUT2D eigenvalue weighted by Gasteiger charge is 2.02. The van der Waals surface area contributed by atoms with E-state index in [1.54, 1.807) is 0 Å². The van der Waals surface area contributed by atoms with Gasteiger partial charge in [-0.1, -0.05) is 50.1 Å². The lowest BCUT2D eigenvalue weighted by Crippen LogP contribution is -1.96. The first-order valence-corrected chi connectivity index (χ1v) is 10.2. The van der Waals surface area contributed by atoms with E-state index in [9.17, 15) is 0 Å². The topological polar surface area (TPSA) is 21.6 Å². The van der Waals surface area contributed by atoms with Crippen LogP contribution in [-0.2, 0) is 6.61 Å². The Kier molecular flexibility index (Phi) is 6.67. The van der Waals surface area contributed by atoms with E-state index in [2.05, 4.69) is 59.4 Å². The van der Waals surface area contributed by atoms with Gasteiger partial charge in [0.15, 0.2) is 0 Å². The number of rotatable bonds is 5. The Hall–Kier alpha value is -1.18. The largest absolute Gasteiger partial charge is 0.489 e. The molecule has 0 aliphatic rings. The molecule has 0 saturated heterocycles. The molecule has 0 aliphatic carbocycles. The minimum atomic E-state index is 0.517. The molecular weight excluding hydrogens is 557 g/mol. The Bertz CT molecular complexity index is 894. The second kappa shape index (κ2) is 8.96. The number of benzene rings is 3. The van der Waals surface area contributed by atoms with Crippen LogP contribution in [0.3, 0.4) is 0 Å². The quantitative estimate of drug-likeness (QED) is 0.236. The Labute approximate surface area is 177 Å². The highest BCUT2D eigenvalue weighted by atomic mass is 127. The highest BCUT2D eigenvalue weighted by molar-refractivity contribution is 14.1. The smallest absolute Gasteiger partial charge is 0.119 e. The van der Waals surface area contributed by atoms with Crippen molar-refractivity contribution in [3.63, 3.8) is 0 Å².